The molecule has 178 valence electrons. The molecule has 0 aliphatic rings. The molecule has 0 fully saturated rings. The molecule has 0 spiro atoms. The molecule has 1 N–H and O–H groups in total. The van der Waals surface area contributed by atoms with Gasteiger partial charge in [-0.1, -0.05) is 89.7 Å². The van der Waals surface area contributed by atoms with Crippen LogP contribution in [0.3, 0.4) is 0 Å². The first-order valence-electron chi connectivity index (χ1n) is 12.0. The molecule has 2 rings (SSSR count). The van der Waals surface area contributed by atoms with E-state index in [1.54, 1.807) is 12.1 Å². The molecular weight excluding hydrogens is 447 g/mol. The molecule has 0 aliphatic heterocycles. The Labute approximate surface area is 222 Å². The normalized spacial score (nSPS) is 11.2. The van der Waals surface area contributed by atoms with Crippen molar-refractivity contribution in [1.29, 1.82) is 0 Å². The Morgan fingerprint density at radius 1 is 0.788 bits per heavy atom. The fourth-order valence-corrected chi connectivity index (χ4v) is 4.29. The average Bonchev–Trinajstić information content (AvgIpc) is 2.76. The number of hydrogen-bond donors (Lipinski definition) is 1. The first-order chi connectivity index (χ1) is 15.4. The third-order valence-electron chi connectivity index (χ3n) is 5.68. The van der Waals surface area contributed by atoms with Gasteiger partial charge in [-0.2, -0.15) is 8.42 Å². The first-order valence-corrected chi connectivity index (χ1v) is 13.4. The van der Waals surface area contributed by atoms with Crippen LogP contribution in [0.1, 0.15) is 89.5 Å². The van der Waals surface area contributed by atoms with Crippen molar-refractivity contribution in [2.75, 3.05) is 0 Å². The van der Waals surface area contributed by atoms with Crippen LogP contribution < -0.4 is 39.4 Å². The molecule has 0 saturated heterocycles. The van der Waals surface area contributed by atoms with E-state index in [0.717, 1.165) is 24.8 Å². The third kappa shape index (κ3) is 12.3. The van der Waals surface area contributed by atoms with Gasteiger partial charge in [0.25, 0.3) is 10.1 Å². The van der Waals surface area contributed by atoms with Gasteiger partial charge in [-0.3, -0.25) is 4.55 Å². The monoisotopic (exact) mass is 484 g/mol. The van der Waals surface area contributed by atoms with Crippen LogP contribution in [-0.4, -0.2) is 13.0 Å². The van der Waals surface area contributed by atoms with Crippen molar-refractivity contribution in [3.05, 3.63) is 48.0 Å². The summed E-state index contributed by atoms with van der Waals surface area (Å²) >= 11 is 0. The standard InChI is InChI=1S/C26H38O5S.Na/c1-2-3-4-5-6-7-8-9-10-11-12-13-14-22-21-23(27)15-20-26(22)31-24-16-18-25(19-17-24)32(28,29)30;/h15-21,27H,2-14H2,1H3,(H,28,29,30);/q;+1/p-1. The molecular formula is C26H37NaO5S. The summed E-state index contributed by atoms with van der Waals surface area (Å²) in [7, 11) is -4.23. The van der Waals surface area contributed by atoms with E-state index in [4.69, 9.17) is 9.29 Å². The molecule has 0 unspecified atom stereocenters. The molecule has 0 aliphatic carbocycles. The molecule has 2 aromatic carbocycles. The van der Waals surface area contributed by atoms with Crippen molar-refractivity contribution in [2.24, 2.45) is 0 Å². The molecule has 0 radical (unpaired) electrons. The molecule has 5 nitrogen and oxygen atoms in total. The minimum absolute atomic E-state index is 0. The summed E-state index contributed by atoms with van der Waals surface area (Å²) in [6, 6.07) is 10.3. The molecule has 0 atom stereocenters. The third-order valence-corrected chi connectivity index (χ3v) is 6.55. The number of rotatable bonds is 16. The Hall–Kier alpha value is -1.05. The maximum absolute atomic E-state index is 11.8. The number of ether oxygens (including phenoxy) is 1. The number of aryl methyl sites for hydroxylation is 1. The number of hydrogen-bond acceptors (Lipinski definition) is 4. The van der Waals surface area contributed by atoms with Gasteiger partial charge in [-0.25, -0.2) is 0 Å². The van der Waals surface area contributed by atoms with E-state index >= 15 is 0 Å². The van der Waals surface area contributed by atoms with E-state index in [-0.39, 0.29) is 40.2 Å². The number of benzene rings is 2. The van der Waals surface area contributed by atoms with Gasteiger partial charge in [0, 0.05) is 0 Å². The largest absolute Gasteiger partial charge is 1.00 e. The maximum Gasteiger partial charge on any atom is 1.00 e. The average molecular weight is 485 g/mol. The molecule has 0 aromatic heterocycles. The Morgan fingerprint density at radius 2 is 1.30 bits per heavy atom. The zero-order valence-electron chi connectivity index (χ0n) is 20.2. The van der Waals surface area contributed by atoms with Crippen molar-refractivity contribution in [2.45, 2.75) is 95.3 Å². The Kier molecular flexibility index (Phi) is 15.0. The predicted octanol–water partition coefficient (Wildman–Crippen LogP) is 4.05. The predicted molar refractivity (Wildman–Crippen MR) is 127 cm³/mol. The van der Waals surface area contributed by atoms with Crippen molar-refractivity contribution in [1.82, 2.24) is 0 Å². The summed E-state index contributed by atoms with van der Waals surface area (Å²) in [5.74, 6) is 1.01. The van der Waals surface area contributed by atoms with E-state index < -0.39 is 10.1 Å². The second-order valence-corrected chi connectivity index (χ2v) is 9.88. The van der Waals surface area contributed by atoms with Crippen LogP contribution in [0, 0.1) is 0 Å². The van der Waals surface area contributed by atoms with Gasteiger partial charge in [0.1, 0.15) is 11.5 Å². The summed E-state index contributed by atoms with van der Waals surface area (Å²) < 4.78 is 37.3. The van der Waals surface area contributed by atoms with Gasteiger partial charge < -0.3 is 9.84 Å². The quantitative estimate of drug-likeness (QED) is 0.221. The van der Waals surface area contributed by atoms with Gasteiger partial charge in [-0.15, -0.1) is 5.75 Å². The van der Waals surface area contributed by atoms with E-state index in [1.165, 1.54) is 94.5 Å². The fraction of sp³-hybridized carbons (Fsp3) is 0.538. The van der Waals surface area contributed by atoms with Crippen LogP contribution in [0.4, 0.5) is 0 Å². The van der Waals surface area contributed by atoms with Crippen LogP contribution in [0.5, 0.6) is 17.2 Å². The topological polar surface area (TPSA) is 86.7 Å². The van der Waals surface area contributed by atoms with Crippen LogP contribution in [0.2, 0.25) is 0 Å². The van der Waals surface area contributed by atoms with E-state index in [0.29, 0.717) is 11.5 Å². The molecule has 0 bridgehead atoms. The molecule has 7 heteroatoms. The fourth-order valence-electron chi connectivity index (χ4n) is 3.81. The Bertz CT molecular complexity index is 897. The molecule has 0 amide bonds. The van der Waals surface area contributed by atoms with Crippen molar-refractivity contribution in [3.8, 4) is 17.2 Å². The SMILES string of the molecule is CCCCCCCCCCCCCCc1cc([O-])ccc1Oc1ccc(S(=O)(=O)O)cc1.[Na+]. The van der Waals surface area contributed by atoms with Crippen LogP contribution in [0.25, 0.3) is 0 Å². The van der Waals surface area contributed by atoms with E-state index in [9.17, 15) is 13.5 Å². The van der Waals surface area contributed by atoms with Crippen LogP contribution >= 0.6 is 0 Å². The Morgan fingerprint density at radius 3 is 1.82 bits per heavy atom. The molecule has 2 aromatic rings. The molecule has 0 heterocycles. The van der Waals surface area contributed by atoms with Gasteiger partial charge >= 0.3 is 29.6 Å². The van der Waals surface area contributed by atoms with Crippen LogP contribution in [-0.2, 0) is 16.5 Å². The van der Waals surface area contributed by atoms with Gasteiger partial charge in [-0.05, 0) is 48.7 Å². The summed E-state index contributed by atoms with van der Waals surface area (Å²) in [6.45, 7) is 2.25. The van der Waals surface area contributed by atoms with Gasteiger partial charge in [0.2, 0.25) is 0 Å². The van der Waals surface area contributed by atoms with Gasteiger partial charge in [0.05, 0.1) is 4.90 Å². The maximum atomic E-state index is 11.8. The Balaban J connectivity index is 0.00000544. The summed E-state index contributed by atoms with van der Waals surface area (Å²) in [5, 5.41) is 11.8. The minimum Gasteiger partial charge on any atom is -0.872 e. The molecule has 33 heavy (non-hydrogen) atoms. The zero-order chi connectivity index (χ0) is 23.2. The van der Waals surface area contributed by atoms with Crippen LogP contribution in [0.15, 0.2) is 47.4 Å². The smallest absolute Gasteiger partial charge is 0.872 e. The van der Waals surface area contributed by atoms with Crippen molar-refractivity contribution < 1.29 is 52.4 Å². The van der Waals surface area contributed by atoms with E-state index in [1.807, 2.05) is 0 Å². The first kappa shape index (κ1) is 30.0. The molecule has 0 saturated carbocycles. The second kappa shape index (κ2) is 16.6. The van der Waals surface area contributed by atoms with Crippen molar-refractivity contribution >= 4 is 10.1 Å². The van der Waals surface area contributed by atoms with Crippen molar-refractivity contribution in [3.63, 3.8) is 0 Å². The second-order valence-electron chi connectivity index (χ2n) is 8.46. The number of unbranched alkanes of at least 4 members (excludes halogenated alkanes) is 11. The summed E-state index contributed by atoms with van der Waals surface area (Å²) in [5.41, 5.74) is 0.864. The van der Waals surface area contributed by atoms with Gasteiger partial charge in [0.15, 0.2) is 0 Å². The van der Waals surface area contributed by atoms with E-state index in [2.05, 4.69) is 6.92 Å². The zero-order valence-corrected chi connectivity index (χ0v) is 23.0. The summed E-state index contributed by atoms with van der Waals surface area (Å²) in [4.78, 5) is -0.184. The summed E-state index contributed by atoms with van der Waals surface area (Å²) in [6.07, 6.45) is 16.1. The minimum atomic E-state index is -4.23.